The molecule has 4 rings (SSSR count). The Balaban J connectivity index is 0.00000272. The Bertz CT molecular complexity index is 913. The lowest BCUT2D eigenvalue weighted by Gasteiger charge is -2.40. The fourth-order valence-corrected chi connectivity index (χ4v) is 3.93. The van der Waals surface area contributed by atoms with E-state index < -0.39 is 0 Å². The molecular formula is C22H29ClN6O2. The summed E-state index contributed by atoms with van der Waals surface area (Å²) in [6.07, 6.45) is 0. The highest BCUT2D eigenvalue weighted by Gasteiger charge is 2.30. The molecular weight excluding hydrogens is 416 g/mol. The zero-order valence-corrected chi connectivity index (χ0v) is 18.7. The predicted octanol–water partition coefficient (Wildman–Crippen LogP) is 2.66. The van der Waals surface area contributed by atoms with Crippen molar-refractivity contribution >= 4 is 18.1 Å². The average Bonchev–Trinajstić information content (AvgIpc) is 3.27. The van der Waals surface area contributed by atoms with Crippen LogP contribution in [0.15, 0.2) is 54.6 Å². The first-order valence-electron chi connectivity index (χ1n) is 10.2. The van der Waals surface area contributed by atoms with E-state index in [0.717, 1.165) is 37.8 Å². The molecule has 0 N–H and O–H groups in total. The van der Waals surface area contributed by atoms with Crippen molar-refractivity contribution in [1.29, 1.82) is 0 Å². The number of methoxy groups -OCH3 is 2. The molecule has 2 heterocycles. The molecule has 0 amide bonds. The number of nitrogens with zero attached hydrogens (tertiary/aromatic N) is 6. The highest BCUT2D eigenvalue weighted by atomic mass is 35.5. The molecule has 1 fully saturated rings. The lowest BCUT2D eigenvalue weighted by molar-refractivity contribution is 0.172. The molecule has 8 nitrogen and oxygen atoms in total. The monoisotopic (exact) mass is 444 g/mol. The summed E-state index contributed by atoms with van der Waals surface area (Å²) in [7, 11) is 3.38. The Morgan fingerprint density at radius 2 is 1.65 bits per heavy atom. The van der Waals surface area contributed by atoms with Gasteiger partial charge in [0.15, 0.2) is 5.82 Å². The Morgan fingerprint density at radius 3 is 2.29 bits per heavy atom. The molecule has 1 aliphatic rings. The highest BCUT2D eigenvalue weighted by Crippen LogP contribution is 2.29. The smallest absolute Gasteiger partial charge is 0.173 e. The van der Waals surface area contributed by atoms with Gasteiger partial charge in [0.25, 0.3) is 0 Å². The van der Waals surface area contributed by atoms with Crippen molar-refractivity contribution in [3.8, 4) is 5.75 Å². The maximum absolute atomic E-state index is 5.28. The maximum Gasteiger partial charge on any atom is 0.173 e. The van der Waals surface area contributed by atoms with Gasteiger partial charge < -0.3 is 14.4 Å². The van der Waals surface area contributed by atoms with Gasteiger partial charge in [0.2, 0.25) is 0 Å². The SMILES string of the molecule is COCCn1nnnc1C(c1ccccc1)N1CCN(c2ccc(OC)cc2)CC1.Cl. The van der Waals surface area contributed by atoms with Gasteiger partial charge in [-0.2, -0.15) is 0 Å². The lowest BCUT2D eigenvalue weighted by Crippen LogP contribution is -2.48. The van der Waals surface area contributed by atoms with E-state index in [1.54, 1.807) is 14.2 Å². The summed E-state index contributed by atoms with van der Waals surface area (Å²) in [4.78, 5) is 4.87. The van der Waals surface area contributed by atoms with Crippen LogP contribution in [-0.4, -0.2) is 72.1 Å². The summed E-state index contributed by atoms with van der Waals surface area (Å²) in [5.74, 6) is 1.74. The third kappa shape index (κ3) is 5.33. The number of rotatable bonds is 8. The van der Waals surface area contributed by atoms with Crippen LogP contribution in [0.5, 0.6) is 5.75 Å². The molecule has 31 heavy (non-hydrogen) atoms. The molecule has 1 aromatic heterocycles. The number of ether oxygens (including phenoxy) is 2. The minimum absolute atomic E-state index is 0. The Morgan fingerprint density at radius 1 is 0.935 bits per heavy atom. The van der Waals surface area contributed by atoms with E-state index in [9.17, 15) is 0 Å². The zero-order chi connectivity index (χ0) is 20.8. The largest absolute Gasteiger partial charge is 0.497 e. The van der Waals surface area contributed by atoms with Crippen molar-refractivity contribution in [2.45, 2.75) is 12.6 Å². The van der Waals surface area contributed by atoms with E-state index >= 15 is 0 Å². The summed E-state index contributed by atoms with van der Waals surface area (Å²) in [5, 5.41) is 12.5. The number of hydrogen-bond donors (Lipinski definition) is 0. The number of piperazine rings is 1. The molecule has 0 bridgehead atoms. The topological polar surface area (TPSA) is 68.5 Å². The van der Waals surface area contributed by atoms with Gasteiger partial charge in [0.1, 0.15) is 5.75 Å². The van der Waals surface area contributed by atoms with Crippen molar-refractivity contribution in [3.05, 3.63) is 66.0 Å². The van der Waals surface area contributed by atoms with Crippen LogP contribution in [0.2, 0.25) is 0 Å². The van der Waals surface area contributed by atoms with Crippen LogP contribution < -0.4 is 9.64 Å². The summed E-state index contributed by atoms with van der Waals surface area (Å²) in [6, 6.07) is 18.7. The van der Waals surface area contributed by atoms with E-state index in [-0.39, 0.29) is 18.4 Å². The van der Waals surface area contributed by atoms with Crippen LogP contribution in [0.25, 0.3) is 0 Å². The van der Waals surface area contributed by atoms with Gasteiger partial charge in [-0.3, -0.25) is 4.90 Å². The summed E-state index contributed by atoms with van der Waals surface area (Å²) in [6.45, 7) is 4.93. The van der Waals surface area contributed by atoms with Crippen LogP contribution in [0.3, 0.4) is 0 Å². The van der Waals surface area contributed by atoms with Crippen molar-refractivity contribution in [3.63, 3.8) is 0 Å². The second-order valence-corrected chi connectivity index (χ2v) is 7.29. The molecule has 2 aromatic carbocycles. The van der Waals surface area contributed by atoms with Gasteiger partial charge in [-0.05, 0) is 40.3 Å². The Kier molecular flexibility index (Phi) is 8.22. The van der Waals surface area contributed by atoms with E-state index in [0.29, 0.717) is 13.2 Å². The molecule has 1 aliphatic heterocycles. The first kappa shape index (κ1) is 23.0. The Labute approximate surface area is 189 Å². The molecule has 1 saturated heterocycles. The van der Waals surface area contributed by atoms with Gasteiger partial charge in [-0.25, -0.2) is 4.68 Å². The van der Waals surface area contributed by atoms with E-state index in [1.807, 2.05) is 22.9 Å². The fourth-order valence-electron chi connectivity index (χ4n) is 3.93. The molecule has 0 radical (unpaired) electrons. The molecule has 0 saturated carbocycles. The third-order valence-electron chi connectivity index (χ3n) is 5.54. The lowest BCUT2D eigenvalue weighted by atomic mass is 10.0. The normalized spacial score (nSPS) is 15.4. The molecule has 166 valence electrons. The van der Waals surface area contributed by atoms with Gasteiger partial charge in [-0.1, -0.05) is 30.3 Å². The summed E-state index contributed by atoms with van der Waals surface area (Å²) >= 11 is 0. The van der Waals surface area contributed by atoms with Gasteiger partial charge in [-0.15, -0.1) is 17.5 Å². The summed E-state index contributed by atoms with van der Waals surface area (Å²) < 4.78 is 12.4. The molecule has 9 heteroatoms. The van der Waals surface area contributed by atoms with Crippen molar-refractivity contribution in [1.82, 2.24) is 25.1 Å². The van der Waals surface area contributed by atoms with Crippen LogP contribution >= 0.6 is 12.4 Å². The van der Waals surface area contributed by atoms with Crippen molar-refractivity contribution in [2.75, 3.05) is 51.9 Å². The molecule has 1 unspecified atom stereocenters. The van der Waals surface area contributed by atoms with Crippen LogP contribution in [0, 0.1) is 0 Å². The number of benzene rings is 2. The van der Waals surface area contributed by atoms with Crippen LogP contribution in [-0.2, 0) is 11.3 Å². The van der Waals surface area contributed by atoms with Gasteiger partial charge in [0, 0.05) is 39.0 Å². The van der Waals surface area contributed by atoms with E-state index in [4.69, 9.17) is 9.47 Å². The highest BCUT2D eigenvalue weighted by molar-refractivity contribution is 5.85. The molecule has 1 atom stereocenters. The standard InChI is InChI=1S/C22H28N6O2.ClH/c1-29-17-16-28-22(23-24-25-28)21(18-6-4-3-5-7-18)27-14-12-26(13-15-27)19-8-10-20(30-2)11-9-19;/h3-11,21H,12-17H2,1-2H3;1H. The number of anilines is 1. The number of aromatic nitrogens is 4. The molecule has 0 aliphatic carbocycles. The molecule has 0 spiro atoms. The van der Waals surface area contributed by atoms with E-state index in [1.165, 1.54) is 11.3 Å². The van der Waals surface area contributed by atoms with Gasteiger partial charge in [0.05, 0.1) is 26.3 Å². The average molecular weight is 445 g/mol. The van der Waals surface area contributed by atoms with Crippen LogP contribution in [0.4, 0.5) is 5.69 Å². The first-order chi connectivity index (χ1) is 14.8. The first-order valence-corrected chi connectivity index (χ1v) is 10.2. The number of tetrazole rings is 1. The Hall–Kier alpha value is -2.68. The fraction of sp³-hybridized carbons (Fsp3) is 0.409. The minimum Gasteiger partial charge on any atom is -0.497 e. The minimum atomic E-state index is 0. The van der Waals surface area contributed by atoms with Gasteiger partial charge >= 0.3 is 0 Å². The van der Waals surface area contributed by atoms with Crippen molar-refractivity contribution in [2.24, 2.45) is 0 Å². The summed E-state index contributed by atoms with van der Waals surface area (Å²) in [5.41, 5.74) is 2.42. The van der Waals surface area contributed by atoms with Crippen molar-refractivity contribution < 1.29 is 9.47 Å². The van der Waals surface area contributed by atoms with Crippen LogP contribution in [0.1, 0.15) is 17.4 Å². The second-order valence-electron chi connectivity index (χ2n) is 7.29. The maximum atomic E-state index is 5.28. The predicted molar refractivity (Wildman–Crippen MR) is 122 cm³/mol. The number of hydrogen-bond acceptors (Lipinski definition) is 7. The number of halogens is 1. The quantitative estimate of drug-likeness (QED) is 0.529. The third-order valence-corrected chi connectivity index (χ3v) is 5.54. The molecule has 3 aromatic rings. The zero-order valence-electron chi connectivity index (χ0n) is 17.9. The second kappa shape index (κ2) is 11.1. The van der Waals surface area contributed by atoms with E-state index in [2.05, 4.69) is 61.7 Å².